The van der Waals surface area contributed by atoms with Crippen molar-refractivity contribution in [2.45, 2.75) is 24.8 Å². The van der Waals surface area contributed by atoms with E-state index in [1.165, 1.54) is 4.90 Å². The van der Waals surface area contributed by atoms with Gasteiger partial charge in [0.15, 0.2) is 5.54 Å². The van der Waals surface area contributed by atoms with Gasteiger partial charge in [0.2, 0.25) is 0 Å². The minimum absolute atomic E-state index is 0.170. The number of carbonyl (C=O) groups is 3. The Bertz CT molecular complexity index is 1290. The zero-order chi connectivity index (χ0) is 25.0. The smallest absolute Gasteiger partial charge is 0.325 e. The summed E-state index contributed by atoms with van der Waals surface area (Å²) in [6.07, 6.45) is 5.06. The first-order valence-corrected chi connectivity index (χ1v) is 12.9. The Balaban J connectivity index is 1.33. The number of aromatic nitrogens is 1. The number of piperidine rings is 1. The summed E-state index contributed by atoms with van der Waals surface area (Å²) in [5.74, 6) is 5.00. The van der Waals surface area contributed by atoms with Gasteiger partial charge in [0, 0.05) is 54.0 Å². The van der Waals surface area contributed by atoms with Gasteiger partial charge in [-0.1, -0.05) is 36.3 Å². The van der Waals surface area contributed by atoms with Crippen LogP contribution in [-0.4, -0.2) is 52.3 Å². The van der Waals surface area contributed by atoms with Crippen LogP contribution in [0.1, 0.15) is 28.8 Å². The molecule has 1 atom stereocenters. The molecular weight excluding hydrogens is 472 g/mol. The van der Waals surface area contributed by atoms with Crippen molar-refractivity contribution < 1.29 is 14.4 Å². The Hall–Kier alpha value is -3.96. The summed E-state index contributed by atoms with van der Waals surface area (Å²) in [4.78, 5) is 48.1. The number of rotatable bonds is 5. The van der Waals surface area contributed by atoms with Gasteiger partial charge in [-0.3, -0.25) is 19.5 Å². The lowest BCUT2D eigenvalue weighted by Gasteiger charge is -2.40. The van der Waals surface area contributed by atoms with Crippen molar-refractivity contribution in [3.8, 4) is 11.8 Å². The van der Waals surface area contributed by atoms with Crippen molar-refractivity contribution in [1.82, 2.24) is 20.1 Å². The van der Waals surface area contributed by atoms with Crippen LogP contribution in [0.15, 0.2) is 72.4 Å². The highest BCUT2D eigenvalue weighted by molar-refractivity contribution is 7.09. The zero-order valence-electron chi connectivity index (χ0n) is 19.7. The third-order valence-electron chi connectivity index (χ3n) is 6.89. The van der Waals surface area contributed by atoms with Gasteiger partial charge in [-0.05, 0) is 54.8 Å². The summed E-state index contributed by atoms with van der Waals surface area (Å²) in [5.41, 5.74) is 0.278. The lowest BCUT2D eigenvalue weighted by Crippen LogP contribution is -2.54. The van der Waals surface area contributed by atoms with Crippen molar-refractivity contribution in [1.29, 1.82) is 0 Å². The Morgan fingerprint density at radius 1 is 1.08 bits per heavy atom. The summed E-state index contributed by atoms with van der Waals surface area (Å²) >= 11 is 1.61. The maximum absolute atomic E-state index is 13.9. The van der Waals surface area contributed by atoms with E-state index in [9.17, 15) is 14.4 Å². The highest BCUT2D eigenvalue weighted by atomic mass is 32.1. The number of hydrogen-bond acceptors (Lipinski definition) is 5. The van der Waals surface area contributed by atoms with E-state index in [0.29, 0.717) is 44.5 Å². The molecule has 2 saturated heterocycles. The predicted molar refractivity (Wildman–Crippen MR) is 137 cm³/mol. The highest BCUT2D eigenvalue weighted by Crippen LogP contribution is 2.41. The third-order valence-corrected chi connectivity index (χ3v) is 7.83. The number of nitrogens with one attached hydrogen (secondary N) is 1. The normalized spacial score (nSPS) is 20.1. The Morgan fingerprint density at radius 3 is 2.58 bits per heavy atom. The topological polar surface area (TPSA) is 82.6 Å². The molecule has 0 bridgehead atoms. The molecule has 4 amide bonds. The molecule has 0 unspecified atom stereocenters. The maximum atomic E-state index is 13.9. The van der Waals surface area contributed by atoms with Crippen molar-refractivity contribution in [2.75, 3.05) is 19.6 Å². The first kappa shape index (κ1) is 23.8. The summed E-state index contributed by atoms with van der Waals surface area (Å²) in [6.45, 7) is 1.25. The van der Waals surface area contributed by atoms with Gasteiger partial charge in [-0.2, -0.15) is 0 Å². The van der Waals surface area contributed by atoms with Gasteiger partial charge < -0.3 is 10.2 Å². The summed E-state index contributed by atoms with van der Waals surface area (Å²) in [5, 5.41) is 5.03. The quantitative estimate of drug-likeness (QED) is 0.432. The average Bonchev–Trinajstić information content (AvgIpc) is 3.53. The van der Waals surface area contributed by atoms with Crippen molar-refractivity contribution in [2.24, 2.45) is 5.92 Å². The molecular formula is C28H26N4O3S. The van der Waals surface area contributed by atoms with E-state index in [4.69, 9.17) is 0 Å². The molecule has 1 N–H and O–H groups in total. The van der Waals surface area contributed by atoms with Crippen LogP contribution in [-0.2, 0) is 21.5 Å². The number of urea groups is 1. The second-order valence-corrected chi connectivity index (χ2v) is 9.98. The molecule has 2 aromatic heterocycles. The molecule has 3 aromatic rings. The van der Waals surface area contributed by atoms with E-state index in [-0.39, 0.29) is 23.8 Å². The Morgan fingerprint density at radius 2 is 1.89 bits per heavy atom. The maximum Gasteiger partial charge on any atom is 0.325 e. The SMILES string of the molecule is O=C(C#Cc1ccccc1)N1CCC([C@@]2(c3cccnc3)NC(=O)N(CCc3cccs3)C2=O)CC1. The minimum atomic E-state index is -1.19. The number of carbonyl (C=O) groups excluding carboxylic acids is 3. The van der Waals surface area contributed by atoms with E-state index in [2.05, 4.69) is 22.1 Å². The molecule has 0 radical (unpaired) electrons. The number of thiophene rings is 1. The largest absolute Gasteiger partial charge is 0.332 e. The zero-order valence-corrected chi connectivity index (χ0v) is 20.5. The summed E-state index contributed by atoms with van der Waals surface area (Å²) in [6, 6.07) is 16.6. The van der Waals surface area contributed by atoms with E-state index in [1.54, 1.807) is 34.7 Å². The number of benzene rings is 1. The lowest BCUT2D eigenvalue weighted by atomic mass is 9.73. The Labute approximate surface area is 214 Å². The second kappa shape index (κ2) is 10.3. The highest BCUT2D eigenvalue weighted by Gasteiger charge is 2.57. The van der Waals surface area contributed by atoms with Crippen LogP contribution in [0.3, 0.4) is 0 Å². The van der Waals surface area contributed by atoms with Crippen LogP contribution < -0.4 is 5.32 Å². The molecule has 36 heavy (non-hydrogen) atoms. The Kier molecular flexibility index (Phi) is 6.83. The molecule has 0 spiro atoms. The molecule has 8 heteroatoms. The molecule has 182 valence electrons. The van der Waals surface area contributed by atoms with Gasteiger partial charge in [-0.25, -0.2) is 4.79 Å². The number of likely N-dealkylation sites (tertiary alicyclic amines) is 1. The number of nitrogens with zero attached hydrogens (tertiary/aromatic N) is 3. The number of pyridine rings is 1. The molecule has 0 saturated carbocycles. The first-order chi connectivity index (χ1) is 17.6. The van der Waals surface area contributed by atoms with Gasteiger partial charge in [-0.15, -0.1) is 11.3 Å². The van der Waals surface area contributed by atoms with E-state index in [0.717, 1.165) is 10.4 Å². The molecule has 5 rings (SSSR count). The van der Waals surface area contributed by atoms with Crippen LogP contribution in [0.2, 0.25) is 0 Å². The third kappa shape index (κ3) is 4.62. The first-order valence-electron chi connectivity index (χ1n) is 12.0. The van der Waals surface area contributed by atoms with Crippen LogP contribution in [0.25, 0.3) is 0 Å². The number of imide groups is 1. The molecule has 0 aliphatic carbocycles. The van der Waals surface area contributed by atoms with Crippen LogP contribution in [0.4, 0.5) is 4.79 Å². The molecule has 2 aliphatic heterocycles. The second-order valence-electron chi connectivity index (χ2n) is 8.95. The van der Waals surface area contributed by atoms with Gasteiger partial charge in [0.1, 0.15) is 0 Å². The fraction of sp³-hybridized carbons (Fsp3) is 0.286. The summed E-state index contributed by atoms with van der Waals surface area (Å²) in [7, 11) is 0. The van der Waals surface area contributed by atoms with Crippen molar-refractivity contribution >= 4 is 29.2 Å². The van der Waals surface area contributed by atoms with E-state index < -0.39 is 5.54 Å². The average molecular weight is 499 g/mol. The monoisotopic (exact) mass is 498 g/mol. The molecule has 4 heterocycles. The number of amides is 4. The van der Waals surface area contributed by atoms with E-state index in [1.807, 2.05) is 53.9 Å². The minimum Gasteiger partial charge on any atom is -0.332 e. The van der Waals surface area contributed by atoms with Crippen molar-refractivity contribution in [3.05, 3.63) is 88.4 Å². The van der Waals surface area contributed by atoms with Crippen LogP contribution in [0.5, 0.6) is 0 Å². The lowest BCUT2D eigenvalue weighted by molar-refractivity contribution is -0.135. The van der Waals surface area contributed by atoms with Crippen LogP contribution in [0, 0.1) is 17.8 Å². The fourth-order valence-corrected chi connectivity index (χ4v) is 5.72. The molecule has 1 aromatic carbocycles. The molecule has 2 aliphatic rings. The molecule has 7 nitrogen and oxygen atoms in total. The van der Waals surface area contributed by atoms with Crippen molar-refractivity contribution in [3.63, 3.8) is 0 Å². The van der Waals surface area contributed by atoms with Gasteiger partial charge in [0.25, 0.3) is 11.8 Å². The number of hydrogen-bond donors (Lipinski definition) is 1. The van der Waals surface area contributed by atoms with Crippen LogP contribution >= 0.6 is 11.3 Å². The molecule has 2 fully saturated rings. The standard InChI is InChI=1S/C28H26N4O3S/c33-25(11-10-21-6-2-1-3-7-21)31-16-12-22(13-17-31)28(23-8-4-15-29-20-23)26(34)32(27(35)30-28)18-14-24-9-5-19-36-24/h1-9,15,19-20,22H,12-14,16-18H2,(H,30,35)/t28-/m0/s1. The van der Waals surface area contributed by atoms with E-state index >= 15 is 0 Å². The van der Waals surface area contributed by atoms with Gasteiger partial charge >= 0.3 is 6.03 Å². The van der Waals surface area contributed by atoms with Gasteiger partial charge in [0.05, 0.1) is 0 Å². The summed E-state index contributed by atoms with van der Waals surface area (Å²) < 4.78 is 0. The fourth-order valence-electron chi connectivity index (χ4n) is 5.02. The predicted octanol–water partition coefficient (Wildman–Crippen LogP) is 3.42.